The molecule has 2 aromatic rings. The summed E-state index contributed by atoms with van der Waals surface area (Å²) in [4.78, 5) is 29.9. The molecule has 1 aliphatic heterocycles. The van der Waals surface area contributed by atoms with Crippen molar-refractivity contribution in [3.63, 3.8) is 0 Å². The molecule has 1 N–H and O–H groups in total. The highest BCUT2D eigenvalue weighted by molar-refractivity contribution is 6.33. The minimum atomic E-state index is -0.401. The van der Waals surface area contributed by atoms with Gasteiger partial charge in [-0.25, -0.2) is 0 Å². The Morgan fingerprint density at radius 2 is 1.64 bits per heavy atom. The summed E-state index contributed by atoms with van der Waals surface area (Å²) in [5.74, 6) is -0.216. The molecule has 6 heteroatoms. The number of halogens is 1. The highest BCUT2D eigenvalue weighted by Gasteiger charge is 2.25. The fraction of sp³-hybridized carbons (Fsp3) is 0.364. The molecule has 0 spiro atoms. The maximum absolute atomic E-state index is 12.9. The smallest absolute Gasteiger partial charge is 0.253 e. The van der Waals surface area contributed by atoms with Crippen LogP contribution in [0.25, 0.3) is 0 Å². The molecule has 0 aliphatic carbocycles. The Morgan fingerprint density at radius 1 is 1.00 bits per heavy atom. The van der Waals surface area contributed by atoms with Gasteiger partial charge in [-0.15, -0.1) is 0 Å². The lowest BCUT2D eigenvalue weighted by atomic mass is 10.0. The van der Waals surface area contributed by atoms with Crippen LogP contribution in [-0.4, -0.2) is 54.3 Å². The van der Waals surface area contributed by atoms with Crippen molar-refractivity contribution in [3.05, 3.63) is 70.7 Å². The molecule has 0 bridgehead atoms. The molecular weight excluding hydrogens is 374 g/mol. The summed E-state index contributed by atoms with van der Waals surface area (Å²) < 4.78 is 0. The van der Waals surface area contributed by atoms with Gasteiger partial charge in [0.2, 0.25) is 5.91 Å². The lowest BCUT2D eigenvalue weighted by Crippen LogP contribution is -2.49. The van der Waals surface area contributed by atoms with E-state index in [1.165, 1.54) is 0 Å². The van der Waals surface area contributed by atoms with E-state index in [0.717, 1.165) is 38.3 Å². The number of benzene rings is 2. The highest BCUT2D eigenvalue weighted by atomic mass is 35.5. The number of nitrogens with zero attached hydrogens (tertiary/aromatic N) is 2. The van der Waals surface area contributed by atoms with E-state index in [1.807, 2.05) is 35.2 Å². The Labute approximate surface area is 171 Å². The van der Waals surface area contributed by atoms with Crippen molar-refractivity contribution < 1.29 is 9.59 Å². The quantitative estimate of drug-likeness (QED) is 0.810. The Kier molecular flexibility index (Phi) is 7.06. The second-order valence-electron chi connectivity index (χ2n) is 6.94. The first-order valence-corrected chi connectivity index (χ1v) is 10.1. The molecule has 0 saturated carbocycles. The van der Waals surface area contributed by atoms with Crippen molar-refractivity contribution in [1.82, 2.24) is 15.1 Å². The number of likely N-dealkylation sites (N-methyl/N-ethyl adjacent to an activating group) is 1. The maximum atomic E-state index is 12.9. The van der Waals surface area contributed by atoms with Gasteiger partial charge >= 0.3 is 0 Å². The SMILES string of the molecule is CCN1CCN(C(=O)CC(NC(=O)c2ccccc2Cl)c2ccccc2)CC1. The van der Waals surface area contributed by atoms with Crippen LogP contribution in [0.15, 0.2) is 54.6 Å². The molecule has 0 aromatic heterocycles. The van der Waals surface area contributed by atoms with Crippen molar-refractivity contribution in [3.8, 4) is 0 Å². The number of hydrogen-bond donors (Lipinski definition) is 1. The van der Waals surface area contributed by atoms with E-state index in [1.54, 1.807) is 24.3 Å². The molecule has 0 radical (unpaired) electrons. The molecule has 1 saturated heterocycles. The third-order valence-corrected chi connectivity index (χ3v) is 5.51. The zero-order chi connectivity index (χ0) is 19.9. The van der Waals surface area contributed by atoms with Crippen molar-refractivity contribution in [1.29, 1.82) is 0 Å². The normalized spacial score (nSPS) is 15.9. The van der Waals surface area contributed by atoms with Gasteiger partial charge < -0.3 is 15.1 Å². The largest absolute Gasteiger partial charge is 0.345 e. The van der Waals surface area contributed by atoms with Gasteiger partial charge in [-0.2, -0.15) is 0 Å². The first-order valence-electron chi connectivity index (χ1n) is 9.69. The highest BCUT2D eigenvalue weighted by Crippen LogP contribution is 2.21. The molecule has 1 fully saturated rings. The Hall–Kier alpha value is -2.37. The summed E-state index contributed by atoms with van der Waals surface area (Å²) in [5, 5.41) is 3.40. The third kappa shape index (κ3) is 5.12. The minimum Gasteiger partial charge on any atom is -0.345 e. The summed E-state index contributed by atoms with van der Waals surface area (Å²) >= 11 is 6.16. The van der Waals surface area contributed by atoms with E-state index in [4.69, 9.17) is 11.6 Å². The van der Waals surface area contributed by atoms with Crippen LogP contribution in [0, 0.1) is 0 Å². The molecule has 2 amide bonds. The van der Waals surface area contributed by atoms with Gasteiger partial charge in [0.05, 0.1) is 23.0 Å². The number of nitrogens with one attached hydrogen (secondary N) is 1. The molecule has 148 valence electrons. The van der Waals surface area contributed by atoms with Crippen LogP contribution >= 0.6 is 11.6 Å². The minimum absolute atomic E-state index is 0.0593. The first kappa shape index (κ1) is 20.4. The van der Waals surface area contributed by atoms with Crippen molar-refractivity contribution in [2.45, 2.75) is 19.4 Å². The molecule has 1 atom stereocenters. The number of amides is 2. The summed E-state index contributed by atoms with van der Waals surface area (Å²) in [5.41, 5.74) is 1.32. The van der Waals surface area contributed by atoms with E-state index in [0.29, 0.717) is 10.6 Å². The summed E-state index contributed by atoms with van der Waals surface area (Å²) in [6.07, 6.45) is 0.229. The zero-order valence-electron chi connectivity index (χ0n) is 16.1. The van der Waals surface area contributed by atoms with Crippen LogP contribution in [0.5, 0.6) is 0 Å². The summed E-state index contributed by atoms with van der Waals surface area (Å²) in [6.45, 7) is 6.38. The summed E-state index contributed by atoms with van der Waals surface area (Å²) in [6, 6.07) is 16.1. The summed E-state index contributed by atoms with van der Waals surface area (Å²) in [7, 11) is 0. The van der Waals surface area contributed by atoms with Crippen LogP contribution in [0.4, 0.5) is 0 Å². The fourth-order valence-electron chi connectivity index (χ4n) is 3.44. The van der Waals surface area contributed by atoms with Crippen LogP contribution in [0.1, 0.15) is 35.3 Å². The average molecular weight is 400 g/mol. The molecule has 2 aromatic carbocycles. The lowest BCUT2D eigenvalue weighted by Gasteiger charge is -2.35. The van der Waals surface area contributed by atoms with Gasteiger partial charge in [-0.1, -0.05) is 61.0 Å². The topological polar surface area (TPSA) is 52.6 Å². The van der Waals surface area contributed by atoms with E-state index < -0.39 is 6.04 Å². The standard InChI is InChI=1S/C22H26ClN3O2/c1-2-25-12-14-26(15-13-25)21(27)16-20(17-8-4-3-5-9-17)24-22(28)18-10-6-7-11-19(18)23/h3-11,20H,2,12-16H2,1H3,(H,24,28). The van der Waals surface area contributed by atoms with Gasteiger partial charge in [0.15, 0.2) is 0 Å². The monoisotopic (exact) mass is 399 g/mol. The second-order valence-corrected chi connectivity index (χ2v) is 7.34. The van der Waals surface area contributed by atoms with Gasteiger partial charge in [-0.3, -0.25) is 9.59 Å². The molecule has 3 rings (SSSR count). The molecule has 28 heavy (non-hydrogen) atoms. The molecule has 1 heterocycles. The van der Waals surface area contributed by atoms with Crippen molar-refractivity contribution in [2.75, 3.05) is 32.7 Å². The number of carbonyl (C=O) groups is 2. The zero-order valence-corrected chi connectivity index (χ0v) is 16.9. The van der Waals surface area contributed by atoms with Crippen LogP contribution in [0.2, 0.25) is 5.02 Å². The third-order valence-electron chi connectivity index (χ3n) is 5.18. The number of rotatable bonds is 6. The number of hydrogen-bond acceptors (Lipinski definition) is 3. The number of carbonyl (C=O) groups excluding carboxylic acids is 2. The van der Waals surface area contributed by atoms with Crippen molar-refractivity contribution in [2.24, 2.45) is 0 Å². The first-order chi connectivity index (χ1) is 13.6. The molecule has 1 aliphatic rings. The molecule has 5 nitrogen and oxygen atoms in total. The lowest BCUT2D eigenvalue weighted by molar-refractivity contribution is -0.133. The van der Waals surface area contributed by atoms with Crippen LogP contribution in [0.3, 0.4) is 0 Å². The van der Waals surface area contributed by atoms with Crippen LogP contribution in [-0.2, 0) is 4.79 Å². The van der Waals surface area contributed by atoms with Gasteiger partial charge in [0.1, 0.15) is 0 Å². The Balaban J connectivity index is 1.72. The second kappa shape index (κ2) is 9.71. The molecule has 1 unspecified atom stereocenters. The average Bonchev–Trinajstić information content (AvgIpc) is 2.74. The van der Waals surface area contributed by atoms with Crippen molar-refractivity contribution >= 4 is 23.4 Å². The van der Waals surface area contributed by atoms with E-state index in [-0.39, 0.29) is 18.2 Å². The Bertz CT molecular complexity index is 804. The number of piperazine rings is 1. The van der Waals surface area contributed by atoms with E-state index in [2.05, 4.69) is 17.1 Å². The van der Waals surface area contributed by atoms with E-state index >= 15 is 0 Å². The van der Waals surface area contributed by atoms with Gasteiger partial charge in [0, 0.05) is 26.2 Å². The Morgan fingerprint density at radius 3 is 2.29 bits per heavy atom. The fourth-order valence-corrected chi connectivity index (χ4v) is 3.66. The predicted molar refractivity (Wildman–Crippen MR) is 111 cm³/mol. The van der Waals surface area contributed by atoms with Gasteiger partial charge in [-0.05, 0) is 24.2 Å². The molecular formula is C22H26ClN3O2. The van der Waals surface area contributed by atoms with Crippen LogP contribution < -0.4 is 5.32 Å². The predicted octanol–water partition coefficient (Wildman–Crippen LogP) is 3.37. The maximum Gasteiger partial charge on any atom is 0.253 e. The van der Waals surface area contributed by atoms with Gasteiger partial charge in [0.25, 0.3) is 5.91 Å². The van der Waals surface area contributed by atoms with E-state index in [9.17, 15) is 9.59 Å².